The summed E-state index contributed by atoms with van der Waals surface area (Å²) in [6.07, 6.45) is 0. The zero-order valence-corrected chi connectivity index (χ0v) is 14.5. The summed E-state index contributed by atoms with van der Waals surface area (Å²) in [6.45, 7) is 7.88. The van der Waals surface area contributed by atoms with Gasteiger partial charge in [0.15, 0.2) is 0 Å². The summed E-state index contributed by atoms with van der Waals surface area (Å²) in [5.74, 6) is -0.0767. The molecule has 0 radical (unpaired) electrons. The lowest BCUT2D eigenvalue weighted by Gasteiger charge is -2.07. The van der Waals surface area contributed by atoms with Gasteiger partial charge in [0.2, 0.25) is 0 Å². The standard InChI is InChI=1S/C18H19N3OS/c1-11-5-7-15(8-6-11)21-14(4)16(13(3)20-21)19-18(22)17-12(2)9-10-23-17/h5-10H,1-4H3,(H,19,22). The van der Waals surface area contributed by atoms with Gasteiger partial charge in [-0.15, -0.1) is 11.3 Å². The van der Waals surface area contributed by atoms with E-state index in [9.17, 15) is 4.79 Å². The Hall–Kier alpha value is -2.40. The highest BCUT2D eigenvalue weighted by molar-refractivity contribution is 7.12. The number of amides is 1. The second-order valence-electron chi connectivity index (χ2n) is 5.68. The van der Waals surface area contributed by atoms with Crippen molar-refractivity contribution in [2.45, 2.75) is 27.7 Å². The van der Waals surface area contributed by atoms with Crippen molar-refractivity contribution in [2.24, 2.45) is 0 Å². The van der Waals surface area contributed by atoms with Crippen LogP contribution in [0.25, 0.3) is 5.69 Å². The maximum absolute atomic E-state index is 12.5. The van der Waals surface area contributed by atoms with Gasteiger partial charge in [-0.25, -0.2) is 4.68 Å². The smallest absolute Gasteiger partial charge is 0.266 e. The molecule has 118 valence electrons. The number of aryl methyl sites for hydroxylation is 3. The van der Waals surface area contributed by atoms with E-state index in [1.807, 2.05) is 49.0 Å². The van der Waals surface area contributed by atoms with Crippen LogP contribution in [-0.2, 0) is 0 Å². The van der Waals surface area contributed by atoms with E-state index < -0.39 is 0 Å². The van der Waals surface area contributed by atoms with Gasteiger partial charge < -0.3 is 5.32 Å². The molecule has 0 aliphatic heterocycles. The Balaban J connectivity index is 1.94. The molecule has 0 aliphatic carbocycles. The monoisotopic (exact) mass is 325 g/mol. The molecule has 0 fully saturated rings. The highest BCUT2D eigenvalue weighted by Gasteiger charge is 2.17. The van der Waals surface area contributed by atoms with Gasteiger partial charge in [-0.2, -0.15) is 5.10 Å². The van der Waals surface area contributed by atoms with E-state index in [0.717, 1.165) is 33.2 Å². The normalized spacial score (nSPS) is 10.8. The van der Waals surface area contributed by atoms with Crippen LogP contribution in [0.1, 0.15) is 32.2 Å². The van der Waals surface area contributed by atoms with Crippen molar-refractivity contribution in [2.75, 3.05) is 5.32 Å². The molecular formula is C18H19N3OS. The van der Waals surface area contributed by atoms with E-state index in [0.29, 0.717) is 0 Å². The number of benzene rings is 1. The number of rotatable bonds is 3. The molecule has 0 saturated carbocycles. The molecule has 4 nitrogen and oxygen atoms in total. The Labute approximate surface area is 139 Å². The van der Waals surface area contributed by atoms with Crippen LogP contribution >= 0.6 is 11.3 Å². The van der Waals surface area contributed by atoms with Crippen LogP contribution in [0.2, 0.25) is 0 Å². The van der Waals surface area contributed by atoms with Crippen molar-refractivity contribution in [1.82, 2.24) is 9.78 Å². The quantitative estimate of drug-likeness (QED) is 0.775. The number of thiophene rings is 1. The molecule has 0 atom stereocenters. The molecule has 0 bridgehead atoms. The fourth-order valence-electron chi connectivity index (χ4n) is 2.54. The Morgan fingerprint density at radius 1 is 1.09 bits per heavy atom. The lowest BCUT2D eigenvalue weighted by Crippen LogP contribution is -2.12. The third-order valence-corrected chi connectivity index (χ3v) is 4.89. The number of carbonyl (C=O) groups excluding carboxylic acids is 1. The van der Waals surface area contributed by atoms with Crippen molar-refractivity contribution in [1.29, 1.82) is 0 Å². The van der Waals surface area contributed by atoms with Crippen LogP contribution in [0.3, 0.4) is 0 Å². The van der Waals surface area contributed by atoms with Crippen LogP contribution in [0.4, 0.5) is 5.69 Å². The molecular weight excluding hydrogens is 306 g/mol. The average molecular weight is 325 g/mol. The highest BCUT2D eigenvalue weighted by Crippen LogP contribution is 2.25. The predicted octanol–water partition coefficient (Wildman–Crippen LogP) is 4.42. The third-order valence-electron chi connectivity index (χ3n) is 3.88. The second kappa shape index (κ2) is 6.01. The summed E-state index contributed by atoms with van der Waals surface area (Å²) in [5, 5.41) is 9.51. The number of hydrogen-bond donors (Lipinski definition) is 1. The summed E-state index contributed by atoms with van der Waals surface area (Å²) < 4.78 is 1.87. The van der Waals surface area contributed by atoms with Crippen LogP contribution in [0.5, 0.6) is 0 Å². The molecule has 23 heavy (non-hydrogen) atoms. The largest absolute Gasteiger partial charge is 0.318 e. The van der Waals surface area contributed by atoms with E-state index in [4.69, 9.17) is 0 Å². The molecule has 0 saturated heterocycles. The Kier molecular flexibility index (Phi) is 4.05. The minimum atomic E-state index is -0.0767. The lowest BCUT2D eigenvalue weighted by molar-refractivity contribution is 0.103. The van der Waals surface area contributed by atoms with Crippen molar-refractivity contribution >= 4 is 22.9 Å². The third kappa shape index (κ3) is 2.92. The number of nitrogens with one attached hydrogen (secondary N) is 1. The van der Waals surface area contributed by atoms with Gasteiger partial charge in [-0.05, 0) is 56.8 Å². The van der Waals surface area contributed by atoms with Gasteiger partial charge in [0.25, 0.3) is 5.91 Å². The van der Waals surface area contributed by atoms with Crippen molar-refractivity contribution < 1.29 is 4.79 Å². The van der Waals surface area contributed by atoms with Crippen molar-refractivity contribution in [3.63, 3.8) is 0 Å². The second-order valence-corrected chi connectivity index (χ2v) is 6.60. The van der Waals surface area contributed by atoms with E-state index in [2.05, 4.69) is 29.5 Å². The molecule has 1 amide bonds. The molecule has 3 aromatic rings. The minimum absolute atomic E-state index is 0.0767. The van der Waals surface area contributed by atoms with Gasteiger partial charge in [-0.1, -0.05) is 17.7 Å². The van der Waals surface area contributed by atoms with Crippen LogP contribution in [0.15, 0.2) is 35.7 Å². The van der Waals surface area contributed by atoms with Crippen LogP contribution in [0, 0.1) is 27.7 Å². The van der Waals surface area contributed by atoms with E-state index in [1.165, 1.54) is 16.9 Å². The molecule has 2 heterocycles. The van der Waals surface area contributed by atoms with Crippen molar-refractivity contribution in [3.05, 3.63) is 63.1 Å². The predicted molar refractivity (Wildman–Crippen MR) is 94.8 cm³/mol. The van der Waals surface area contributed by atoms with Gasteiger partial charge in [0.05, 0.1) is 27.6 Å². The zero-order valence-electron chi connectivity index (χ0n) is 13.7. The topological polar surface area (TPSA) is 46.9 Å². The Morgan fingerprint density at radius 2 is 1.78 bits per heavy atom. The molecule has 0 unspecified atom stereocenters. The zero-order chi connectivity index (χ0) is 16.6. The minimum Gasteiger partial charge on any atom is -0.318 e. The van der Waals surface area contributed by atoms with E-state index in [1.54, 1.807) is 0 Å². The average Bonchev–Trinajstić information content (AvgIpc) is 3.06. The first-order valence-corrected chi connectivity index (χ1v) is 8.34. The van der Waals surface area contributed by atoms with E-state index >= 15 is 0 Å². The first kappa shape index (κ1) is 15.5. The van der Waals surface area contributed by atoms with Gasteiger partial charge >= 0.3 is 0 Å². The maximum atomic E-state index is 12.5. The van der Waals surface area contributed by atoms with Crippen LogP contribution < -0.4 is 5.32 Å². The lowest BCUT2D eigenvalue weighted by atomic mass is 10.2. The molecule has 2 aromatic heterocycles. The fraction of sp³-hybridized carbons (Fsp3) is 0.222. The summed E-state index contributed by atoms with van der Waals surface area (Å²) in [4.78, 5) is 13.2. The molecule has 5 heteroatoms. The number of carbonyl (C=O) groups is 1. The molecule has 0 aliphatic rings. The van der Waals surface area contributed by atoms with E-state index in [-0.39, 0.29) is 5.91 Å². The van der Waals surface area contributed by atoms with Gasteiger partial charge in [-0.3, -0.25) is 4.79 Å². The first-order chi connectivity index (χ1) is 11.0. The van der Waals surface area contributed by atoms with Gasteiger partial charge in [0.1, 0.15) is 0 Å². The molecule has 1 aromatic carbocycles. The molecule has 1 N–H and O–H groups in total. The molecule has 0 spiro atoms. The number of aromatic nitrogens is 2. The summed E-state index contributed by atoms with van der Waals surface area (Å²) >= 11 is 1.45. The summed E-state index contributed by atoms with van der Waals surface area (Å²) in [7, 11) is 0. The number of nitrogens with zero attached hydrogens (tertiary/aromatic N) is 2. The SMILES string of the molecule is Cc1ccc(-n2nc(C)c(NC(=O)c3sccc3C)c2C)cc1. The fourth-order valence-corrected chi connectivity index (χ4v) is 3.36. The number of hydrogen-bond acceptors (Lipinski definition) is 3. The van der Waals surface area contributed by atoms with Crippen molar-refractivity contribution in [3.8, 4) is 5.69 Å². The van der Waals surface area contributed by atoms with Crippen LogP contribution in [-0.4, -0.2) is 15.7 Å². The first-order valence-electron chi connectivity index (χ1n) is 7.46. The Bertz CT molecular complexity index is 859. The highest BCUT2D eigenvalue weighted by atomic mass is 32.1. The van der Waals surface area contributed by atoms with Gasteiger partial charge in [0, 0.05) is 0 Å². The Morgan fingerprint density at radius 3 is 2.39 bits per heavy atom. The summed E-state index contributed by atoms with van der Waals surface area (Å²) in [5.41, 5.74) is 5.71. The molecule has 3 rings (SSSR count). The number of anilines is 1. The summed E-state index contributed by atoms with van der Waals surface area (Å²) in [6, 6.07) is 10.1. The maximum Gasteiger partial charge on any atom is 0.266 e.